The molecule has 0 spiro atoms. The Morgan fingerprint density at radius 1 is 1.00 bits per heavy atom. The van der Waals surface area contributed by atoms with Crippen molar-refractivity contribution in [3.8, 4) is 11.5 Å². The lowest BCUT2D eigenvalue weighted by Gasteiger charge is -2.34. The zero-order valence-corrected chi connectivity index (χ0v) is 17.0. The van der Waals surface area contributed by atoms with Gasteiger partial charge in [0.2, 0.25) is 5.95 Å². The van der Waals surface area contributed by atoms with Gasteiger partial charge in [0, 0.05) is 51.7 Å². The average molecular weight is 412 g/mol. The summed E-state index contributed by atoms with van der Waals surface area (Å²) in [5.41, 5.74) is 0.981. The number of rotatable bonds is 7. The van der Waals surface area contributed by atoms with Crippen LogP contribution in [0, 0.1) is 0 Å². The first-order valence-corrected chi connectivity index (χ1v) is 10.4. The third-order valence-corrected chi connectivity index (χ3v) is 5.20. The second-order valence-electron chi connectivity index (χ2n) is 7.32. The first kappa shape index (κ1) is 20.2. The number of aromatic nitrogens is 2. The van der Waals surface area contributed by atoms with Gasteiger partial charge in [0.1, 0.15) is 13.2 Å². The normalized spacial score (nSPS) is 16.2. The number of urea groups is 1. The SMILES string of the molecule is O=C(NCCCN1CCN(c2ncccn2)CC1)NCc1ccc2c(c1)OCCO2. The molecule has 2 aromatic rings. The van der Waals surface area contributed by atoms with Crippen LogP contribution in [0.3, 0.4) is 0 Å². The number of carbonyl (C=O) groups excluding carboxylic acids is 1. The molecule has 2 aliphatic heterocycles. The van der Waals surface area contributed by atoms with Crippen LogP contribution < -0.4 is 25.0 Å². The summed E-state index contributed by atoms with van der Waals surface area (Å²) in [6.45, 7) is 7.00. The van der Waals surface area contributed by atoms with Gasteiger partial charge in [-0.3, -0.25) is 4.90 Å². The molecule has 0 saturated carbocycles. The summed E-state index contributed by atoms with van der Waals surface area (Å²) in [7, 11) is 0. The Morgan fingerprint density at radius 2 is 1.77 bits per heavy atom. The zero-order chi connectivity index (χ0) is 20.6. The lowest BCUT2D eigenvalue weighted by Crippen LogP contribution is -2.47. The van der Waals surface area contributed by atoms with Crippen molar-refractivity contribution in [2.24, 2.45) is 0 Å². The fourth-order valence-electron chi connectivity index (χ4n) is 3.57. The maximum absolute atomic E-state index is 12.0. The van der Waals surface area contributed by atoms with Crippen molar-refractivity contribution in [1.29, 1.82) is 0 Å². The van der Waals surface area contributed by atoms with E-state index in [0.717, 1.165) is 62.2 Å². The second kappa shape index (κ2) is 10.1. The van der Waals surface area contributed by atoms with Gasteiger partial charge in [0.25, 0.3) is 0 Å². The predicted octanol–water partition coefficient (Wildman–Crippen LogP) is 1.26. The van der Waals surface area contributed by atoms with Crippen molar-refractivity contribution in [3.05, 3.63) is 42.2 Å². The van der Waals surface area contributed by atoms with Gasteiger partial charge in [-0.25, -0.2) is 14.8 Å². The van der Waals surface area contributed by atoms with Crippen LogP contribution in [0.5, 0.6) is 11.5 Å². The van der Waals surface area contributed by atoms with Gasteiger partial charge in [-0.05, 0) is 36.7 Å². The van der Waals surface area contributed by atoms with Crippen molar-refractivity contribution in [2.75, 3.05) is 57.4 Å². The Hall–Kier alpha value is -3.07. The molecule has 2 aliphatic rings. The molecule has 160 valence electrons. The van der Waals surface area contributed by atoms with Crippen molar-refractivity contribution in [1.82, 2.24) is 25.5 Å². The summed E-state index contributed by atoms with van der Waals surface area (Å²) < 4.78 is 11.1. The van der Waals surface area contributed by atoms with Gasteiger partial charge in [-0.2, -0.15) is 0 Å². The number of amides is 2. The number of hydrogen-bond donors (Lipinski definition) is 2. The molecule has 2 N–H and O–H groups in total. The Labute approximate surface area is 176 Å². The van der Waals surface area contributed by atoms with Crippen LogP contribution in [-0.4, -0.2) is 73.4 Å². The Bertz CT molecular complexity index is 827. The maximum atomic E-state index is 12.0. The molecule has 30 heavy (non-hydrogen) atoms. The smallest absolute Gasteiger partial charge is 0.315 e. The van der Waals surface area contributed by atoms with Crippen molar-refractivity contribution < 1.29 is 14.3 Å². The Balaban J connectivity index is 1.09. The molecule has 1 aromatic carbocycles. The molecular weight excluding hydrogens is 384 g/mol. The highest BCUT2D eigenvalue weighted by atomic mass is 16.6. The minimum Gasteiger partial charge on any atom is -0.486 e. The number of piperazine rings is 1. The van der Waals surface area contributed by atoms with Crippen molar-refractivity contribution >= 4 is 12.0 Å². The van der Waals surface area contributed by atoms with Gasteiger partial charge in [-0.15, -0.1) is 0 Å². The van der Waals surface area contributed by atoms with Crippen LogP contribution in [0.4, 0.5) is 10.7 Å². The lowest BCUT2D eigenvalue weighted by molar-refractivity contribution is 0.171. The van der Waals surface area contributed by atoms with E-state index in [1.807, 2.05) is 24.3 Å². The van der Waals surface area contributed by atoms with E-state index in [1.165, 1.54) is 0 Å². The molecule has 1 fully saturated rings. The van der Waals surface area contributed by atoms with Gasteiger partial charge >= 0.3 is 6.03 Å². The number of ether oxygens (including phenoxy) is 2. The Morgan fingerprint density at radius 3 is 2.57 bits per heavy atom. The second-order valence-corrected chi connectivity index (χ2v) is 7.32. The van der Waals surface area contributed by atoms with Crippen molar-refractivity contribution in [2.45, 2.75) is 13.0 Å². The van der Waals surface area contributed by atoms with Gasteiger partial charge in [-0.1, -0.05) is 6.07 Å². The topological polar surface area (TPSA) is 91.9 Å². The largest absolute Gasteiger partial charge is 0.486 e. The molecule has 0 bridgehead atoms. The average Bonchev–Trinajstić information content (AvgIpc) is 2.81. The van der Waals surface area contributed by atoms with Crippen molar-refractivity contribution in [3.63, 3.8) is 0 Å². The van der Waals surface area contributed by atoms with E-state index in [9.17, 15) is 4.79 Å². The van der Waals surface area contributed by atoms with E-state index in [1.54, 1.807) is 12.4 Å². The number of benzene rings is 1. The minimum absolute atomic E-state index is 0.157. The summed E-state index contributed by atoms with van der Waals surface area (Å²) in [5.74, 6) is 2.29. The molecule has 1 aromatic heterocycles. The highest BCUT2D eigenvalue weighted by Crippen LogP contribution is 2.30. The number of nitrogens with zero attached hydrogens (tertiary/aromatic N) is 4. The summed E-state index contributed by atoms with van der Waals surface area (Å²) in [4.78, 5) is 25.3. The monoisotopic (exact) mass is 412 g/mol. The third-order valence-electron chi connectivity index (χ3n) is 5.20. The zero-order valence-electron chi connectivity index (χ0n) is 17.0. The quantitative estimate of drug-likeness (QED) is 0.662. The third kappa shape index (κ3) is 5.50. The van der Waals surface area contributed by atoms with Crippen LogP contribution in [0.15, 0.2) is 36.7 Å². The first-order chi connectivity index (χ1) is 14.8. The molecule has 3 heterocycles. The molecule has 9 heteroatoms. The van der Waals surface area contributed by atoms with E-state index in [2.05, 4.69) is 30.4 Å². The molecular formula is C21H28N6O3. The van der Waals surface area contributed by atoms with Crippen LogP contribution in [-0.2, 0) is 6.54 Å². The summed E-state index contributed by atoms with van der Waals surface area (Å²) in [6, 6.07) is 7.41. The number of nitrogens with one attached hydrogen (secondary N) is 2. The molecule has 1 saturated heterocycles. The lowest BCUT2D eigenvalue weighted by atomic mass is 10.2. The van der Waals surface area contributed by atoms with Crippen LogP contribution in [0.25, 0.3) is 0 Å². The number of hydrogen-bond acceptors (Lipinski definition) is 7. The van der Waals surface area contributed by atoms with Crippen LogP contribution in [0.2, 0.25) is 0 Å². The molecule has 4 rings (SSSR count). The van der Waals surface area contributed by atoms with Gasteiger partial charge in [0.15, 0.2) is 11.5 Å². The molecule has 0 atom stereocenters. The standard InChI is InChI=1S/C21H28N6O3/c28-21(25-16-17-3-4-18-19(15-17)30-14-13-29-18)24-7-2-8-26-9-11-27(12-10-26)20-22-5-1-6-23-20/h1,3-6,15H,2,7-14,16H2,(H2,24,25,28). The number of fused-ring (bicyclic) bond motifs is 1. The van der Waals surface area contributed by atoms with Gasteiger partial charge < -0.3 is 25.0 Å². The van der Waals surface area contributed by atoms with Crippen LogP contribution in [0.1, 0.15) is 12.0 Å². The highest BCUT2D eigenvalue weighted by Gasteiger charge is 2.18. The van der Waals surface area contributed by atoms with E-state index in [0.29, 0.717) is 26.3 Å². The van der Waals surface area contributed by atoms with E-state index < -0.39 is 0 Å². The fourth-order valence-corrected chi connectivity index (χ4v) is 3.57. The minimum atomic E-state index is -0.157. The number of carbonyl (C=O) groups is 1. The highest BCUT2D eigenvalue weighted by molar-refractivity contribution is 5.73. The van der Waals surface area contributed by atoms with Gasteiger partial charge in [0.05, 0.1) is 0 Å². The fraction of sp³-hybridized carbons (Fsp3) is 0.476. The number of anilines is 1. The predicted molar refractivity (Wildman–Crippen MR) is 113 cm³/mol. The summed E-state index contributed by atoms with van der Waals surface area (Å²) in [6.07, 6.45) is 4.47. The Kier molecular flexibility index (Phi) is 6.81. The first-order valence-electron chi connectivity index (χ1n) is 10.4. The molecule has 0 unspecified atom stereocenters. The summed E-state index contributed by atoms with van der Waals surface area (Å²) in [5, 5.41) is 5.81. The molecule has 0 aliphatic carbocycles. The summed E-state index contributed by atoms with van der Waals surface area (Å²) >= 11 is 0. The molecule has 2 amide bonds. The molecule has 9 nitrogen and oxygen atoms in total. The maximum Gasteiger partial charge on any atom is 0.315 e. The van der Waals surface area contributed by atoms with E-state index >= 15 is 0 Å². The van der Waals surface area contributed by atoms with Crippen LogP contribution >= 0.6 is 0 Å². The van der Waals surface area contributed by atoms with E-state index in [-0.39, 0.29) is 6.03 Å². The van der Waals surface area contributed by atoms with E-state index in [4.69, 9.17) is 9.47 Å². The molecule has 0 radical (unpaired) electrons.